The van der Waals surface area contributed by atoms with Crippen molar-refractivity contribution < 1.29 is 22.3 Å². The second kappa shape index (κ2) is 9.75. The summed E-state index contributed by atoms with van der Waals surface area (Å²) in [6.07, 6.45) is -3.44. The number of ether oxygens (including phenoxy) is 1. The molecule has 0 saturated heterocycles. The van der Waals surface area contributed by atoms with E-state index in [-0.39, 0.29) is 34.1 Å². The van der Waals surface area contributed by atoms with Crippen molar-refractivity contribution in [1.29, 1.82) is 0 Å². The molecule has 168 valence electrons. The summed E-state index contributed by atoms with van der Waals surface area (Å²) >= 11 is 6.11. The molecule has 8 nitrogen and oxygen atoms in total. The van der Waals surface area contributed by atoms with Crippen LogP contribution in [0.2, 0.25) is 5.02 Å². The summed E-state index contributed by atoms with van der Waals surface area (Å²) < 4.78 is 54.8. The minimum atomic E-state index is -4.77. The smallest absolute Gasteiger partial charge is 0.406 e. The van der Waals surface area contributed by atoms with Crippen molar-refractivity contribution in [3.63, 3.8) is 0 Å². The van der Waals surface area contributed by atoms with Gasteiger partial charge in [0.05, 0.1) is 16.8 Å². The minimum absolute atomic E-state index is 0.00865. The molecule has 32 heavy (non-hydrogen) atoms. The normalized spacial score (nSPS) is 11.8. The fourth-order valence-corrected chi connectivity index (χ4v) is 2.67. The highest BCUT2D eigenvalue weighted by atomic mass is 35.5. The first kappa shape index (κ1) is 23.2. The molecule has 1 heterocycles. The van der Waals surface area contributed by atoms with Gasteiger partial charge in [0.25, 0.3) is 0 Å². The van der Waals surface area contributed by atoms with E-state index in [0.29, 0.717) is 5.56 Å². The van der Waals surface area contributed by atoms with E-state index in [1.165, 1.54) is 36.5 Å². The Labute approximate surface area is 184 Å². The molecule has 0 amide bonds. The van der Waals surface area contributed by atoms with E-state index in [2.05, 4.69) is 35.6 Å². The van der Waals surface area contributed by atoms with Crippen LogP contribution in [-0.4, -0.2) is 46.6 Å². The second-order valence-corrected chi connectivity index (χ2v) is 6.80. The standard InChI is InChI=1S/C19H16ClF4N7O/c1-31(2)30-18-27-16(15-13(20)4-3-5-14(15)21)26-17(28-18)29-25-10-11-6-8-12(9-7-11)32-19(22,23)24/h3-10H,1-2H3,(H2,26,27,28,29,30)/b25-10+. The van der Waals surface area contributed by atoms with Crippen molar-refractivity contribution in [3.05, 3.63) is 58.9 Å². The zero-order valence-electron chi connectivity index (χ0n) is 16.7. The molecule has 0 spiro atoms. The van der Waals surface area contributed by atoms with Gasteiger partial charge in [-0.2, -0.15) is 20.1 Å². The van der Waals surface area contributed by atoms with Crippen molar-refractivity contribution in [2.75, 3.05) is 24.9 Å². The van der Waals surface area contributed by atoms with E-state index in [1.807, 2.05) is 0 Å². The summed E-state index contributed by atoms with van der Waals surface area (Å²) in [5.74, 6) is -0.919. The van der Waals surface area contributed by atoms with Crippen LogP contribution in [0.1, 0.15) is 5.56 Å². The number of nitrogens with one attached hydrogen (secondary N) is 2. The highest BCUT2D eigenvalue weighted by molar-refractivity contribution is 6.33. The number of hydrazine groups is 1. The molecule has 0 radical (unpaired) electrons. The molecular formula is C19H16ClF4N7O. The largest absolute Gasteiger partial charge is 0.573 e. The summed E-state index contributed by atoms with van der Waals surface area (Å²) in [4.78, 5) is 12.5. The Balaban J connectivity index is 1.82. The Kier molecular flexibility index (Phi) is 7.05. The van der Waals surface area contributed by atoms with E-state index in [1.54, 1.807) is 19.1 Å². The molecule has 0 unspecified atom stereocenters. The van der Waals surface area contributed by atoms with Crippen LogP contribution in [0.4, 0.5) is 29.5 Å². The van der Waals surface area contributed by atoms with Crippen LogP contribution in [0.3, 0.4) is 0 Å². The average molecular weight is 470 g/mol. The van der Waals surface area contributed by atoms with E-state index >= 15 is 0 Å². The van der Waals surface area contributed by atoms with Crippen LogP contribution in [0.25, 0.3) is 11.4 Å². The number of halogens is 5. The van der Waals surface area contributed by atoms with E-state index in [0.717, 1.165) is 12.1 Å². The summed E-state index contributed by atoms with van der Waals surface area (Å²) in [6, 6.07) is 9.23. The van der Waals surface area contributed by atoms with Gasteiger partial charge < -0.3 is 4.74 Å². The van der Waals surface area contributed by atoms with Gasteiger partial charge in [0.2, 0.25) is 11.9 Å². The lowest BCUT2D eigenvalue weighted by molar-refractivity contribution is -0.274. The molecule has 0 saturated carbocycles. The van der Waals surface area contributed by atoms with Gasteiger partial charge in [-0.3, -0.25) is 5.43 Å². The average Bonchev–Trinajstić information content (AvgIpc) is 2.67. The maximum absolute atomic E-state index is 14.3. The molecule has 0 aliphatic heterocycles. The lowest BCUT2D eigenvalue weighted by Gasteiger charge is -2.13. The number of hydrogen-bond acceptors (Lipinski definition) is 8. The van der Waals surface area contributed by atoms with Gasteiger partial charge in [0.15, 0.2) is 5.82 Å². The van der Waals surface area contributed by atoms with Crippen molar-refractivity contribution >= 4 is 29.7 Å². The number of hydrazone groups is 1. The first-order chi connectivity index (χ1) is 15.1. The van der Waals surface area contributed by atoms with Gasteiger partial charge in [-0.25, -0.2) is 14.8 Å². The summed E-state index contributed by atoms with van der Waals surface area (Å²) in [7, 11) is 3.41. The molecule has 1 aromatic heterocycles. The molecular weight excluding hydrogens is 454 g/mol. The minimum Gasteiger partial charge on any atom is -0.406 e. The summed E-state index contributed by atoms with van der Waals surface area (Å²) in [6.45, 7) is 0. The van der Waals surface area contributed by atoms with Crippen molar-refractivity contribution in [2.24, 2.45) is 5.10 Å². The van der Waals surface area contributed by atoms with Crippen LogP contribution in [-0.2, 0) is 0 Å². The van der Waals surface area contributed by atoms with Gasteiger partial charge in [-0.15, -0.1) is 13.2 Å². The molecule has 2 N–H and O–H groups in total. The molecule has 13 heteroatoms. The Morgan fingerprint density at radius 3 is 2.34 bits per heavy atom. The second-order valence-electron chi connectivity index (χ2n) is 6.40. The first-order valence-electron chi connectivity index (χ1n) is 8.90. The first-order valence-corrected chi connectivity index (χ1v) is 9.28. The zero-order valence-corrected chi connectivity index (χ0v) is 17.4. The van der Waals surface area contributed by atoms with Gasteiger partial charge in [0, 0.05) is 14.1 Å². The van der Waals surface area contributed by atoms with Gasteiger partial charge in [0.1, 0.15) is 11.6 Å². The fraction of sp³-hybridized carbons (Fsp3) is 0.158. The molecule has 0 atom stereocenters. The molecule has 3 aromatic rings. The van der Waals surface area contributed by atoms with Crippen molar-refractivity contribution in [3.8, 4) is 17.1 Å². The number of benzene rings is 2. The lowest BCUT2D eigenvalue weighted by atomic mass is 10.2. The van der Waals surface area contributed by atoms with Crippen molar-refractivity contribution in [1.82, 2.24) is 20.0 Å². The van der Waals surface area contributed by atoms with Crippen LogP contribution in [0.15, 0.2) is 47.6 Å². The number of rotatable bonds is 7. The molecule has 3 rings (SSSR count). The van der Waals surface area contributed by atoms with Crippen LogP contribution in [0, 0.1) is 5.82 Å². The third-order valence-electron chi connectivity index (χ3n) is 3.64. The number of nitrogens with zero attached hydrogens (tertiary/aromatic N) is 5. The molecule has 2 aromatic carbocycles. The summed E-state index contributed by atoms with van der Waals surface area (Å²) in [5.41, 5.74) is 5.88. The Bertz CT molecular complexity index is 1090. The van der Waals surface area contributed by atoms with E-state index < -0.39 is 12.2 Å². The fourth-order valence-electron chi connectivity index (χ4n) is 2.42. The highest BCUT2D eigenvalue weighted by Gasteiger charge is 2.30. The maximum Gasteiger partial charge on any atom is 0.573 e. The number of anilines is 2. The van der Waals surface area contributed by atoms with Crippen LogP contribution < -0.4 is 15.6 Å². The Hall–Kier alpha value is -3.51. The number of hydrogen-bond donors (Lipinski definition) is 2. The molecule has 0 bridgehead atoms. The predicted octanol–water partition coefficient (Wildman–Crippen LogP) is 4.56. The topological polar surface area (TPSA) is 87.6 Å². The molecule has 0 aliphatic carbocycles. The third kappa shape index (κ3) is 6.49. The quantitative estimate of drug-likeness (QED) is 0.298. The molecule has 0 fully saturated rings. The number of aromatic nitrogens is 3. The predicted molar refractivity (Wildman–Crippen MR) is 112 cm³/mol. The highest BCUT2D eigenvalue weighted by Crippen LogP contribution is 2.29. The third-order valence-corrected chi connectivity index (χ3v) is 3.95. The molecule has 0 aliphatic rings. The van der Waals surface area contributed by atoms with Gasteiger partial charge in [-0.05, 0) is 42.0 Å². The lowest BCUT2D eigenvalue weighted by Crippen LogP contribution is -2.22. The van der Waals surface area contributed by atoms with Crippen molar-refractivity contribution in [2.45, 2.75) is 6.36 Å². The van der Waals surface area contributed by atoms with Gasteiger partial charge >= 0.3 is 6.36 Å². The Morgan fingerprint density at radius 2 is 1.72 bits per heavy atom. The monoisotopic (exact) mass is 469 g/mol. The Morgan fingerprint density at radius 1 is 1.03 bits per heavy atom. The maximum atomic E-state index is 14.3. The van der Waals surface area contributed by atoms with E-state index in [4.69, 9.17) is 11.6 Å². The van der Waals surface area contributed by atoms with Crippen LogP contribution in [0.5, 0.6) is 5.75 Å². The SMILES string of the molecule is CN(C)Nc1nc(N/N=C/c2ccc(OC(F)(F)F)cc2)nc(-c2c(F)cccc2Cl)n1. The zero-order chi connectivity index (χ0) is 23.3. The van der Waals surface area contributed by atoms with Gasteiger partial charge in [-0.1, -0.05) is 17.7 Å². The van der Waals surface area contributed by atoms with Crippen LogP contribution >= 0.6 is 11.6 Å². The van der Waals surface area contributed by atoms with E-state index in [9.17, 15) is 17.6 Å². The summed E-state index contributed by atoms with van der Waals surface area (Å²) in [5, 5.41) is 5.64. The number of alkyl halides is 3.